The second-order valence-corrected chi connectivity index (χ2v) is 7.43. The van der Waals surface area contributed by atoms with Gasteiger partial charge in [-0.3, -0.25) is 14.5 Å². The molecule has 0 bridgehead atoms. The summed E-state index contributed by atoms with van der Waals surface area (Å²) in [7, 11) is 0. The van der Waals surface area contributed by atoms with Gasteiger partial charge in [0.05, 0.1) is 13.1 Å². The van der Waals surface area contributed by atoms with Crippen molar-refractivity contribution in [2.45, 2.75) is 38.6 Å². The molecule has 1 aromatic rings. The molecule has 2 aliphatic rings. The first kappa shape index (κ1) is 16.5. The van der Waals surface area contributed by atoms with Crippen molar-refractivity contribution in [3.63, 3.8) is 0 Å². The molecule has 6 heteroatoms. The zero-order chi connectivity index (χ0) is 16.2. The van der Waals surface area contributed by atoms with Gasteiger partial charge < -0.3 is 10.6 Å². The Bertz CT molecular complexity index is 568. The number of amides is 2. The molecule has 2 N–H and O–H groups in total. The molecule has 0 aromatic carbocycles. The summed E-state index contributed by atoms with van der Waals surface area (Å²) in [6.07, 6.45) is 4.45. The van der Waals surface area contributed by atoms with Crippen LogP contribution >= 0.6 is 11.3 Å². The molecule has 1 atom stereocenters. The van der Waals surface area contributed by atoms with Gasteiger partial charge in [0.2, 0.25) is 11.8 Å². The third-order valence-corrected chi connectivity index (χ3v) is 5.55. The second-order valence-electron chi connectivity index (χ2n) is 6.43. The maximum atomic E-state index is 12.2. The molecule has 2 heterocycles. The molecule has 1 fully saturated rings. The molecule has 1 aliphatic carbocycles. The summed E-state index contributed by atoms with van der Waals surface area (Å²) in [5, 5.41) is 7.69. The normalized spacial score (nSPS) is 20.8. The van der Waals surface area contributed by atoms with Gasteiger partial charge in [-0.25, -0.2) is 0 Å². The van der Waals surface area contributed by atoms with Crippen molar-refractivity contribution < 1.29 is 9.59 Å². The highest BCUT2D eigenvalue weighted by molar-refractivity contribution is 7.10. The second kappa shape index (κ2) is 7.45. The van der Waals surface area contributed by atoms with Crippen LogP contribution in [0.25, 0.3) is 0 Å². The quantitative estimate of drug-likeness (QED) is 0.797. The minimum Gasteiger partial charge on any atom is -0.355 e. The first-order chi connectivity index (χ1) is 11.2. The van der Waals surface area contributed by atoms with E-state index in [0.717, 1.165) is 19.4 Å². The predicted octanol–water partition coefficient (Wildman–Crippen LogP) is 1.70. The monoisotopic (exact) mass is 335 g/mol. The standard InChI is InChI=1S/C17H25N3O2S/c1-2-7-18-15(21)10-19-16(22)11-20-8-5-14-13(6-9-23-14)17(20)12-3-4-12/h6,9,12,17H,2-5,7-8,10-11H2,1H3,(H,18,21)(H,19,22)/t17-/m0/s1. The van der Waals surface area contributed by atoms with Crippen molar-refractivity contribution in [3.05, 3.63) is 21.9 Å². The number of thiophene rings is 1. The lowest BCUT2D eigenvalue weighted by Crippen LogP contribution is -2.45. The molecule has 5 nitrogen and oxygen atoms in total. The van der Waals surface area contributed by atoms with Gasteiger partial charge in [0.1, 0.15) is 0 Å². The van der Waals surface area contributed by atoms with Crippen LogP contribution < -0.4 is 10.6 Å². The molecule has 23 heavy (non-hydrogen) atoms. The fourth-order valence-electron chi connectivity index (χ4n) is 3.29. The van der Waals surface area contributed by atoms with Gasteiger partial charge in [0.15, 0.2) is 0 Å². The maximum absolute atomic E-state index is 12.2. The van der Waals surface area contributed by atoms with Crippen LogP contribution in [-0.4, -0.2) is 42.9 Å². The molecule has 2 amide bonds. The van der Waals surface area contributed by atoms with E-state index in [9.17, 15) is 9.59 Å². The summed E-state index contributed by atoms with van der Waals surface area (Å²) in [4.78, 5) is 27.6. The van der Waals surface area contributed by atoms with Crippen molar-refractivity contribution in [2.75, 3.05) is 26.2 Å². The van der Waals surface area contributed by atoms with Gasteiger partial charge in [0.25, 0.3) is 0 Å². The molecule has 0 saturated heterocycles. The number of hydrogen-bond acceptors (Lipinski definition) is 4. The van der Waals surface area contributed by atoms with Crippen LogP contribution in [0.2, 0.25) is 0 Å². The van der Waals surface area contributed by atoms with Crippen LogP contribution in [0.3, 0.4) is 0 Å². The minimum atomic E-state index is -0.113. The van der Waals surface area contributed by atoms with Crippen molar-refractivity contribution in [3.8, 4) is 0 Å². The largest absolute Gasteiger partial charge is 0.355 e. The summed E-state index contributed by atoms with van der Waals surface area (Å²) in [6, 6.07) is 2.62. The van der Waals surface area contributed by atoms with Crippen LogP contribution in [0.1, 0.15) is 42.7 Å². The fourth-order valence-corrected chi connectivity index (χ4v) is 4.20. The number of fused-ring (bicyclic) bond motifs is 1. The first-order valence-corrected chi connectivity index (χ1v) is 9.40. The van der Waals surface area contributed by atoms with E-state index in [1.165, 1.54) is 23.3 Å². The SMILES string of the molecule is CCCNC(=O)CNC(=O)CN1CCc2sccc2[C@@H]1C1CC1. The molecular formula is C17H25N3O2S. The molecule has 126 valence electrons. The van der Waals surface area contributed by atoms with Crippen molar-refractivity contribution in [1.82, 2.24) is 15.5 Å². The van der Waals surface area contributed by atoms with Crippen LogP contribution in [-0.2, 0) is 16.0 Å². The predicted molar refractivity (Wildman–Crippen MR) is 91.4 cm³/mol. The number of carbonyl (C=O) groups is 2. The number of nitrogens with zero attached hydrogens (tertiary/aromatic N) is 1. The molecule has 1 aromatic heterocycles. The third-order valence-electron chi connectivity index (χ3n) is 4.55. The number of rotatable bonds is 7. The molecular weight excluding hydrogens is 310 g/mol. The number of hydrogen-bond donors (Lipinski definition) is 2. The Kier molecular flexibility index (Phi) is 5.33. The Morgan fingerprint density at radius 3 is 2.87 bits per heavy atom. The Balaban J connectivity index is 1.53. The van der Waals surface area contributed by atoms with Crippen LogP contribution in [0.15, 0.2) is 11.4 Å². The van der Waals surface area contributed by atoms with Gasteiger partial charge >= 0.3 is 0 Å². The Hall–Kier alpha value is -1.40. The third kappa shape index (κ3) is 4.12. The van der Waals surface area contributed by atoms with E-state index in [4.69, 9.17) is 0 Å². The van der Waals surface area contributed by atoms with Crippen molar-refractivity contribution in [2.24, 2.45) is 5.92 Å². The highest BCUT2D eigenvalue weighted by atomic mass is 32.1. The van der Waals surface area contributed by atoms with Gasteiger partial charge in [-0.05, 0) is 48.6 Å². The first-order valence-electron chi connectivity index (χ1n) is 8.52. The smallest absolute Gasteiger partial charge is 0.239 e. The Morgan fingerprint density at radius 1 is 1.30 bits per heavy atom. The summed E-state index contributed by atoms with van der Waals surface area (Å²) in [5.41, 5.74) is 1.43. The molecule has 1 aliphatic heterocycles. The van der Waals surface area contributed by atoms with E-state index in [-0.39, 0.29) is 18.4 Å². The van der Waals surface area contributed by atoms with Gasteiger partial charge in [-0.2, -0.15) is 0 Å². The summed E-state index contributed by atoms with van der Waals surface area (Å²) < 4.78 is 0. The summed E-state index contributed by atoms with van der Waals surface area (Å²) >= 11 is 1.84. The number of nitrogens with one attached hydrogen (secondary N) is 2. The molecule has 1 saturated carbocycles. The van der Waals surface area contributed by atoms with E-state index in [0.29, 0.717) is 25.0 Å². The van der Waals surface area contributed by atoms with E-state index >= 15 is 0 Å². The van der Waals surface area contributed by atoms with Crippen LogP contribution in [0.4, 0.5) is 0 Å². The van der Waals surface area contributed by atoms with Crippen molar-refractivity contribution >= 4 is 23.2 Å². The van der Waals surface area contributed by atoms with Gasteiger partial charge in [0, 0.05) is 24.0 Å². The van der Waals surface area contributed by atoms with Crippen LogP contribution in [0.5, 0.6) is 0 Å². The zero-order valence-corrected chi connectivity index (χ0v) is 14.5. The highest BCUT2D eigenvalue weighted by Gasteiger charge is 2.40. The van der Waals surface area contributed by atoms with Crippen LogP contribution in [0, 0.1) is 5.92 Å². The molecule has 0 unspecified atom stereocenters. The summed E-state index contributed by atoms with van der Waals surface area (Å²) in [6.45, 7) is 4.06. The lowest BCUT2D eigenvalue weighted by atomic mass is 9.96. The average molecular weight is 335 g/mol. The lowest BCUT2D eigenvalue weighted by molar-refractivity contribution is -0.127. The Morgan fingerprint density at radius 2 is 2.13 bits per heavy atom. The van der Waals surface area contributed by atoms with E-state index < -0.39 is 0 Å². The summed E-state index contributed by atoms with van der Waals surface area (Å²) in [5.74, 6) is 0.531. The maximum Gasteiger partial charge on any atom is 0.239 e. The Labute approximate surface area is 141 Å². The lowest BCUT2D eigenvalue weighted by Gasteiger charge is -2.35. The molecule has 0 radical (unpaired) electrons. The highest BCUT2D eigenvalue weighted by Crippen LogP contribution is 2.48. The van der Waals surface area contributed by atoms with E-state index in [2.05, 4.69) is 27.0 Å². The average Bonchev–Trinajstić information content (AvgIpc) is 3.27. The number of carbonyl (C=O) groups excluding carboxylic acids is 2. The molecule has 0 spiro atoms. The fraction of sp³-hybridized carbons (Fsp3) is 0.647. The topological polar surface area (TPSA) is 61.4 Å². The molecule has 3 rings (SSSR count). The van der Waals surface area contributed by atoms with Gasteiger partial charge in [-0.1, -0.05) is 6.92 Å². The van der Waals surface area contributed by atoms with Crippen molar-refractivity contribution in [1.29, 1.82) is 0 Å². The minimum absolute atomic E-state index is 0.0546. The van der Waals surface area contributed by atoms with E-state index in [1.54, 1.807) is 0 Å². The van der Waals surface area contributed by atoms with Gasteiger partial charge in [-0.15, -0.1) is 11.3 Å². The zero-order valence-electron chi connectivity index (χ0n) is 13.6. The van der Waals surface area contributed by atoms with E-state index in [1.807, 2.05) is 18.3 Å².